The molecule has 0 spiro atoms. The molecule has 122 valence electrons. The maximum atomic E-state index is 11.7. The first-order valence-electron chi connectivity index (χ1n) is 7.07. The Kier molecular flexibility index (Phi) is 4.46. The number of halogens is 2. The van der Waals surface area contributed by atoms with Crippen molar-refractivity contribution in [3.8, 4) is 5.69 Å². The summed E-state index contributed by atoms with van der Waals surface area (Å²) >= 11 is 12.0. The van der Waals surface area contributed by atoms with Crippen LogP contribution in [-0.4, -0.2) is 20.9 Å². The second-order valence-electron chi connectivity index (χ2n) is 5.14. The third-order valence-electron chi connectivity index (χ3n) is 3.46. The lowest BCUT2D eigenvalue weighted by Gasteiger charge is -2.05. The van der Waals surface area contributed by atoms with E-state index in [1.165, 1.54) is 0 Å². The van der Waals surface area contributed by atoms with Crippen molar-refractivity contribution in [2.45, 2.75) is 6.92 Å². The van der Waals surface area contributed by atoms with Crippen molar-refractivity contribution in [2.24, 2.45) is 0 Å². The van der Waals surface area contributed by atoms with Crippen molar-refractivity contribution in [3.05, 3.63) is 69.8 Å². The second-order valence-corrected chi connectivity index (χ2v) is 6.02. The SMILES string of the molecule is Cc1c(C(=O)O)c(Nc2cc(Cl)cc(Cl)c2)nn1-c1ccccc1. The maximum absolute atomic E-state index is 11.7. The van der Waals surface area contributed by atoms with E-state index < -0.39 is 5.97 Å². The van der Waals surface area contributed by atoms with Gasteiger partial charge in [0, 0.05) is 15.7 Å². The van der Waals surface area contributed by atoms with E-state index in [2.05, 4.69) is 10.4 Å². The Labute approximate surface area is 148 Å². The summed E-state index contributed by atoms with van der Waals surface area (Å²) in [5.41, 5.74) is 1.95. The number of carbonyl (C=O) groups is 1. The van der Waals surface area contributed by atoms with Gasteiger partial charge in [-0.1, -0.05) is 41.4 Å². The van der Waals surface area contributed by atoms with Crippen LogP contribution in [0.3, 0.4) is 0 Å². The molecule has 0 aliphatic rings. The molecule has 0 aliphatic carbocycles. The number of nitrogens with one attached hydrogen (secondary N) is 1. The van der Waals surface area contributed by atoms with Crippen LogP contribution in [0.5, 0.6) is 0 Å². The van der Waals surface area contributed by atoms with Gasteiger partial charge in [-0.25, -0.2) is 9.48 Å². The monoisotopic (exact) mass is 361 g/mol. The van der Waals surface area contributed by atoms with E-state index in [0.717, 1.165) is 5.69 Å². The Morgan fingerprint density at radius 1 is 1.12 bits per heavy atom. The molecule has 5 nitrogen and oxygen atoms in total. The molecule has 2 aromatic carbocycles. The van der Waals surface area contributed by atoms with E-state index in [1.54, 1.807) is 29.8 Å². The van der Waals surface area contributed by atoms with E-state index in [4.69, 9.17) is 23.2 Å². The highest BCUT2D eigenvalue weighted by molar-refractivity contribution is 6.35. The first-order chi connectivity index (χ1) is 11.5. The highest BCUT2D eigenvalue weighted by Crippen LogP contribution is 2.28. The van der Waals surface area contributed by atoms with E-state index in [1.807, 2.05) is 30.3 Å². The van der Waals surface area contributed by atoms with Crippen molar-refractivity contribution >= 4 is 40.7 Å². The predicted octanol–water partition coefficient (Wildman–Crippen LogP) is 4.93. The van der Waals surface area contributed by atoms with Crippen LogP contribution in [0.4, 0.5) is 11.5 Å². The van der Waals surface area contributed by atoms with Gasteiger partial charge >= 0.3 is 5.97 Å². The molecule has 24 heavy (non-hydrogen) atoms. The van der Waals surface area contributed by atoms with Gasteiger partial charge in [0.1, 0.15) is 5.56 Å². The quantitative estimate of drug-likeness (QED) is 0.691. The average Bonchev–Trinajstić information content (AvgIpc) is 2.83. The summed E-state index contributed by atoms with van der Waals surface area (Å²) < 4.78 is 1.58. The van der Waals surface area contributed by atoms with Gasteiger partial charge in [-0.2, -0.15) is 0 Å². The number of nitrogens with zero attached hydrogens (tertiary/aromatic N) is 2. The van der Waals surface area contributed by atoms with E-state index in [9.17, 15) is 9.90 Å². The van der Waals surface area contributed by atoms with Crippen LogP contribution in [0.2, 0.25) is 10.0 Å². The molecule has 0 atom stereocenters. The molecule has 3 aromatic rings. The third kappa shape index (κ3) is 3.22. The lowest BCUT2D eigenvalue weighted by molar-refractivity contribution is 0.0697. The Morgan fingerprint density at radius 3 is 2.33 bits per heavy atom. The molecule has 0 unspecified atom stereocenters. The van der Waals surface area contributed by atoms with Crippen LogP contribution in [0.15, 0.2) is 48.5 Å². The number of carboxylic acid groups (broad SMARTS) is 1. The zero-order chi connectivity index (χ0) is 17.3. The molecule has 0 radical (unpaired) electrons. The van der Waals surface area contributed by atoms with Gasteiger partial charge in [0.05, 0.1) is 11.4 Å². The smallest absolute Gasteiger partial charge is 0.341 e. The van der Waals surface area contributed by atoms with E-state index >= 15 is 0 Å². The van der Waals surface area contributed by atoms with Crippen LogP contribution in [0.25, 0.3) is 5.69 Å². The molecule has 2 N–H and O–H groups in total. The normalized spacial score (nSPS) is 10.6. The summed E-state index contributed by atoms with van der Waals surface area (Å²) in [5, 5.41) is 17.8. The van der Waals surface area contributed by atoms with Gasteiger partial charge in [0.2, 0.25) is 0 Å². The van der Waals surface area contributed by atoms with Crippen molar-refractivity contribution < 1.29 is 9.90 Å². The molecule has 0 saturated carbocycles. The molecule has 1 heterocycles. The molecule has 1 aromatic heterocycles. The molecule has 0 bridgehead atoms. The molecule has 0 fully saturated rings. The number of rotatable bonds is 4. The zero-order valence-electron chi connectivity index (χ0n) is 12.6. The van der Waals surface area contributed by atoms with Gasteiger partial charge < -0.3 is 10.4 Å². The van der Waals surface area contributed by atoms with Gasteiger partial charge in [0.25, 0.3) is 0 Å². The van der Waals surface area contributed by atoms with Crippen LogP contribution in [0, 0.1) is 6.92 Å². The number of benzene rings is 2. The number of hydrogen-bond acceptors (Lipinski definition) is 3. The summed E-state index contributed by atoms with van der Waals surface area (Å²) in [5.74, 6) is -0.840. The van der Waals surface area contributed by atoms with Gasteiger partial charge in [-0.3, -0.25) is 0 Å². The minimum atomic E-state index is -1.06. The van der Waals surface area contributed by atoms with Gasteiger partial charge in [0.15, 0.2) is 5.82 Å². The van der Waals surface area contributed by atoms with E-state index in [0.29, 0.717) is 21.4 Å². The van der Waals surface area contributed by atoms with Crippen LogP contribution >= 0.6 is 23.2 Å². The Hall–Kier alpha value is -2.50. The molecule has 3 rings (SSSR count). The summed E-state index contributed by atoms with van der Waals surface area (Å²) in [4.78, 5) is 11.7. The fourth-order valence-corrected chi connectivity index (χ4v) is 2.96. The molecule has 0 amide bonds. The van der Waals surface area contributed by atoms with Crippen molar-refractivity contribution in [1.29, 1.82) is 0 Å². The van der Waals surface area contributed by atoms with Crippen molar-refractivity contribution in [3.63, 3.8) is 0 Å². The van der Waals surface area contributed by atoms with Crippen LogP contribution in [0.1, 0.15) is 16.1 Å². The first-order valence-corrected chi connectivity index (χ1v) is 7.83. The van der Waals surface area contributed by atoms with Crippen LogP contribution in [-0.2, 0) is 0 Å². The third-order valence-corrected chi connectivity index (χ3v) is 3.89. The van der Waals surface area contributed by atoms with Crippen molar-refractivity contribution in [2.75, 3.05) is 5.32 Å². The Balaban J connectivity index is 2.08. The number of anilines is 2. The molecular formula is C17H13Cl2N3O2. The average molecular weight is 362 g/mol. The highest BCUT2D eigenvalue weighted by Gasteiger charge is 2.21. The number of aromatic nitrogens is 2. The number of carboxylic acids is 1. The largest absolute Gasteiger partial charge is 0.477 e. The Bertz CT molecular complexity index is 887. The zero-order valence-corrected chi connectivity index (χ0v) is 14.1. The van der Waals surface area contributed by atoms with Gasteiger partial charge in [-0.15, -0.1) is 5.10 Å². The fourth-order valence-electron chi connectivity index (χ4n) is 2.43. The number of hydrogen-bond donors (Lipinski definition) is 2. The first kappa shape index (κ1) is 16.4. The molecular weight excluding hydrogens is 349 g/mol. The predicted molar refractivity (Wildman–Crippen MR) is 95.0 cm³/mol. The number of para-hydroxylation sites is 1. The van der Waals surface area contributed by atoms with Gasteiger partial charge in [-0.05, 0) is 37.3 Å². The standard InChI is InChI=1S/C17H13Cl2N3O2/c1-10-15(17(23)24)16(20-13-8-11(18)7-12(19)9-13)21-22(10)14-5-3-2-4-6-14/h2-9H,1H3,(H,20,21)(H,23,24). The number of aromatic carboxylic acids is 1. The minimum absolute atomic E-state index is 0.0925. The fraction of sp³-hybridized carbons (Fsp3) is 0.0588. The molecule has 7 heteroatoms. The highest BCUT2D eigenvalue weighted by atomic mass is 35.5. The van der Waals surface area contributed by atoms with E-state index in [-0.39, 0.29) is 11.4 Å². The Morgan fingerprint density at radius 2 is 1.75 bits per heavy atom. The molecule has 0 aliphatic heterocycles. The second kappa shape index (κ2) is 6.55. The van der Waals surface area contributed by atoms with Crippen LogP contribution < -0.4 is 5.32 Å². The topological polar surface area (TPSA) is 67.2 Å². The lowest BCUT2D eigenvalue weighted by Crippen LogP contribution is -2.03. The molecule has 0 saturated heterocycles. The van der Waals surface area contributed by atoms with Crippen molar-refractivity contribution in [1.82, 2.24) is 9.78 Å². The minimum Gasteiger partial charge on any atom is -0.477 e. The maximum Gasteiger partial charge on any atom is 0.341 e. The summed E-state index contributed by atoms with van der Waals surface area (Å²) in [6.07, 6.45) is 0. The summed E-state index contributed by atoms with van der Waals surface area (Å²) in [7, 11) is 0. The summed E-state index contributed by atoms with van der Waals surface area (Å²) in [6.45, 7) is 1.71. The lowest BCUT2D eigenvalue weighted by atomic mass is 10.2. The summed E-state index contributed by atoms with van der Waals surface area (Å²) in [6, 6.07) is 14.2.